The molecule has 6 heterocycles. The first-order chi connectivity index (χ1) is 33.6. The normalized spacial score (nSPS) is 19.7. The Morgan fingerprint density at radius 2 is 1.59 bits per heavy atom. The highest BCUT2D eigenvalue weighted by Gasteiger charge is 2.45. The minimum absolute atomic E-state index is 0.00649. The summed E-state index contributed by atoms with van der Waals surface area (Å²) in [7, 11) is -2.46. The van der Waals surface area contributed by atoms with Crippen LogP contribution in [0.15, 0.2) is 101 Å². The lowest BCUT2D eigenvalue weighted by Crippen LogP contribution is -2.51. The first kappa shape index (κ1) is 48.0. The van der Waals surface area contributed by atoms with Gasteiger partial charge in [-0.2, -0.15) is 0 Å². The van der Waals surface area contributed by atoms with Gasteiger partial charge in [-0.15, -0.1) is 0 Å². The van der Waals surface area contributed by atoms with Gasteiger partial charge >= 0.3 is 6.09 Å². The zero-order chi connectivity index (χ0) is 48.8. The molecule has 3 aromatic carbocycles. The van der Waals surface area contributed by atoms with Gasteiger partial charge in [-0.05, 0) is 120 Å². The van der Waals surface area contributed by atoms with Crippen LogP contribution >= 0.6 is 0 Å². The number of carbonyl (C=O) groups excluding carboxylic acids is 1. The average molecular weight is 972 g/mol. The van der Waals surface area contributed by atoms with Crippen molar-refractivity contribution >= 4 is 43.9 Å². The summed E-state index contributed by atoms with van der Waals surface area (Å²) in [6.45, 7) is 13.9. The maximum absolute atomic E-state index is 14.1. The summed E-state index contributed by atoms with van der Waals surface area (Å²) >= 11 is 0. The Morgan fingerprint density at radius 1 is 0.843 bits per heavy atom. The average Bonchev–Trinajstić information content (AvgIpc) is 4.06. The van der Waals surface area contributed by atoms with Crippen LogP contribution in [-0.4, -0.2) is 120 Å². The molecule has 0 radical (unpaired) electrons. The van der Waals surface area contributed by atoms with E-state index < -0.39 is 26.8 Å². The monoisotopic (exact) mass is 971 g/mol. The smallest absolute Gasteiger partial charge is 0.410 e. The molecule has 15 nitrogen and oxygen atoms in total. The van der Waals surface area contributed by atoms with E-state index >= 15 is 0 Å². The fourth-order valence-electron chi connectivity index (χ4n) is 10.1. The Morgan fingerprint density at radius 3 is 2.27 bits per heavy atom. The summed E-state index contributed by atoms with van der Waals surface area (Å²) in [4.78, 5) is 44.3. The topological polar surface area (TPSA) is 151 Å². The molecule has 2 unspecified atom stereocenters. The van der Waals surface area contributed by atoms with Crippen LogP contribution in [0.3, 0.4) is 0 Å². The quantitative estimate of drug-likeness (QED) is 0.110. The van der Waals surface area contributed by atoms with Crippen LogP contribution in [0.4, 0.5) is 10.7 Å². The molecule has 16 heteroatoms. The number of nitrogens with zero attached hydrogens (tertiary/aromatic N) is 7. The molecule has 3 aliphatic heterocycles. The summed E-state index contributed by atoms with van der Waals surface area (Å²) in [5.74, 6) is 1.11. The lowest BCUT2D eigenvalue weighted by molar-refractivity contribution is -0.197. The van der Waals surface area contributed by atoms with E-state index in [-0.39, 0.29) is 35.5 Å². The van der Waals surface area contributed by atoms with E-state index in [4.69, 9.17) is 28.9 Å². The van der Waals surface area contributed by atoms with Crippen molar-refractivity contribution in [2.75, 3.05) is 63.9 Å². The van der Waals surface area contributed by atoms with Crippen molar-refractivity contribution < 1.29 is 32.2 Å². The van der Waals surface area contributed by atoms with Crippen molar-refractivity contribution in [3.63, 3.8) is 0 Å². The van der Waals surface area contributed by atoms with Crippen molar-refractivity contribution in [1.29, 1.82) is 0 Å². The second-order valence-electron chi connectivity index (χ2n) is 20.6. The highest BCUT2D eigenvalue weighted by atomic mass is 32.2. The molecule has 70 heavy (non-hydrogen) atoms. The number of fused-ring (bicyclic) bond motifs is 2. The number of hydrogen-bond acceptors (Lipinski definition) is 12. The van der Waals surface area contributed by atoms with E-state index in [1.807, 2.05) is 62.9 Å². The fourth-order valence-corrected chi connectivity index (χ4v) is 11.5. The van der Waals surface area contributed by atoms with Gasteiger partial charge in [0.15, 0.2) is 11.9 Å². The van der Waals surface area contributed by atoms with Crippen LogP contribution < -0.4 is 10.5 Å². The Balaban J connectivity index is 1.03. The number of carbonyl (C=O) groups is 1. The Bertz CT molecular complexity index is 3020. The van der Waals surface area contributed by atoms with Gasteiger partial charge in [0.05, 0.1) is 28.8 Å². The zero-order valence-electron chi connectivity index (χ0n) is 41.0. The van der Waals surface area contributed by atoms with Crippen molar-refractivity contribution in [3.8, 4) is 11.1 Å². The Labute approximate surface area is 410 Å². The number of anilines is 1. The minimum atomic E-state index is -4.11. The van der Waals surface area contributed by atoms with Crippen molar-refractivity contribution in [2.45, 2.75) is 101 Å². The van der Waals surface area contributed by atoms with Gasteiger partial charge in [-0.3, -0.25) is 9.69 Å². The number of amides is 1. The molecule has 1 amide bonds. The molecule has 0 bridgehead atoms. The molecule has 1 aliphatic carbocycles. The van der Waals surface area contributed by atoms with E-state index in [1.165, 1.54) is 10.8 Å². The number of hydrogen-bond donors (Lipinski definition) is 0. The molecule has 3 aromatic heterocycles. The third kappa shape index (κ3) is 9.98. The zero-order valence-corrected chi connectivity index (χ0v) is 41.8. The first-order valence-corrected chi connectivity index (χ1v) is 26.4. The first-order valence-electron chi connectivity index (χ1n) is 24.9. The number of pyridine rings is 1. The van der Waals surface area contributed by atoms with E-state index in [2.05, 4.69) is 28.0 Å². The summed E-state index contributed by atoms with van der Waals surface area (Å²) in [5, 5.41) is 1.26. The van der Waals surface area contributed by atoms with Crippen LogP contribution in [0.25, 0.3) is 32.9 Å². The second-order valence-corrected chi connectivity index (χ2v) is 22.4. The van der Waals surface area contributed by atoms with Crippen LogP contribution in [0, 0.1) is 12.8 Å². The van der Waals surface area contributed by atoms with E-state index in [1.54, 1.807) is 43.6 Å². The SMILES string of the molecule is Cc1ccc(S(=O)(=O)n2ccc3c(-c4ccc5nc(N6CCC(CN7CCN(C(=O)OC(C)(C)C)CC7)CC6)nc(C(COC6CCCCO6)(OC6CC6)c6ccccc6)c5c4)cn(C)c(=O)c32)cc1. The van der Waals surface area contributed by atoms with Gasteiger partial charge in [0.1, 0.15) is 11.1 Å². The third-order valence-corrected chi connectivity index (χ3v) is 15.8. The van der Waals surface area contributed by atoms with E-state index in [9.17, 15) is 18.0 Å². The fraction of sp³-hybridized carbons (Fsp3) is 0.481. The third-order valence-electron chi connectivity index (χ3n) is 14.1. The predicted octanol–water partition coefficient (Wildman–Crippen LogP) is 8.23. The maximum Gasteiger partial charge on any atom is 0.410 e. The molecule has 4 fully saturated rings. The van der Waals surface area contributed by atoms with Gasteiger partial charge < -0.3 is 33.3 Å². The second kappa shape index (κ2) is 19.5. The number of aryl methyl sites for hydroxylation is 2. The Hall–Kier alpha value is -5.65. The largest absolute Gasteiger partial charge is 0.444 e. The standard InChI is InChI=1S/C54H65N7O8S/c1-37-14-19-42(20-15-37)70(64,65)61-27-24-43-45(35-57(5)50(62)48(43)61)39-16-21-46-44(33-39)49(54(68-41-17-18-41,40-11-7-6-8-12-40)36-67-47-13-9-10-32-66-47)56-51(55-46)59-25-22-38(23-26-59)34-58-28-30-60(31-29-58)52(63)69-53(2,3)4/h6-8,11-12,14-16,19-21,24,27,33,35,38,41,47H,9-10,13,17-18,22-23,25-26,28-32,34,36H2,1-5H3. The number of aromatic nitrogens is 4. The molecule has 1 saturated carbocycles. The van der Waals surface area contributed by atoms with Gasteiger partial charge in [-0.25, -0.2) is 27.2 Å². The highest BCUT2D eigenvalue weighted by Crippen LogP contribution is 2.44. The van der Waals surface area contributed by atoms with Gasteiger partial charge in [0.2, 0.25) is 5.95 Å². The molecular formula is C54H65N7O8S. The lowest BCUT2D eigenvalue weighted by Gasteiger charge is -2.39. The summed E-state index contributed by atoms with van der Waals surface area (Å²) in [6.07, 6.45) is 9.14. The molecule has 3 saturated heterocycles. The van der Waals surface area contributed by atoms with Crippen LogP contribution in [0.1, 0.15) is 82.5 Å². The highest BCUT2D eigenvalue weighted by molar-refractivity contribution is 7.90. The lowest BCUT2D eigenvalue weighted by atomic mass is 9.87. The van der Waals surface area contributed by atoms with Gasteiger partial charge in [-0.1, -0.05) is 54.1 Å². The number of piperazine rings is 1. The van der Waals surface area contributed by atoms with Crippen molar-refractivity contribution in [2.24, 2.45) is 13.0 Å². The van der Waals surface area contributed by atoms with Crippen LogP contribution in [0.2, 0.25) is 0 Å². The van der Waals surface area contributed by atoms with Crippen molar-refractivity contribution in [3.05, 3.63) is 118 Å². The van der Waals surface area contributed by atoms with E-state index in [0.717, 1.165) is 109 Å². The molecule has 4 aliphatic rings. The Kier molecular flexibility index (Phi) is 13.4. The summed E-state index contributed by atoms with van der Waals surface area (Å²) in [6, 6.07) is 24.6. The van der Waals surface area contributed by atoms with Crippen molar-refractivity contribution in [1.82, 2.24) is 28.3 Å². The molecule has 370 valence electrons. The van der Waals surface area contributed by atoms with Gasteiger partial charge in [0.25, 0.3) is 15.6 Å². The summed E-state index contributed by atoms with van der Waals surface area (Å²) in [5.41, 5.74) is 2.63. The molecule has 0 spiro atoms. The van der Waals surface area contributed by atoms with Crippen LogP contribution in [-0.2, 0) is 41.6 Å². The number of ether oxygens (including phenoxy) is 4. The predicted molar refractivity (Wildman–Crippen MR) is 270 cm³/mol. The maximum atomic E-state index is 14.1. The van der Waals surface area contributed by atoms with E-state index in [0.29, 0.717) is 48.2 Å². The van der Waals surface area contributed by atoms with Gasteiger partial charge in [0, 0.05) is 88.2 Å². The molecule has 0 N–H and O–H groups in total. The molecular weight excluding hydrogens is 907 g/mol. The van der Waals surface area contributed by atoms with Crippen LogP contribution in [0.5, 0.6) is 0 Å². The number of rotatable bonds is 13. The number of benzene rings is 3. The minimum Gasteiger partial charge on any atom is -0.444 e. The molecule has 6 aromatic rings. The number of piperidine rings is 1. The summed E-state index contributed by atoms with van der Waals surface area (Å²) < 4.78 is 56.7. The molecule has 10 rings (SSSR count). The molecule has 2 atom stereocenters.